The summed E-state index contributed by atoms with van der Waals surface area (Å²) in [6, 6.07) is 31.8. The van der Waals surface area contributed by atoms with Crippen molar-refractivity contribution in [1.29, 1.82) is 0 Å². The molecular weight excluding hydrogens is 446 g/mol. The van der Waals surface area contributed by atoms with Crippen LogP contribution in [0.25, 0.3) is 11.1 Å². The molecule has 0 atom stereocenters. The first kappa shape index (κ1) is 23.3. The van der Waals surface area contributed by atoms with E-state index < -0.39 is 5.97 Å². The standard InChI is InChI=1S/C29H24ClNO3/c30-27-15-13-24(14-16-27)28(32)31(18-17-21-5-2-1-3-6-21)20-22-7-4-8-26(19-22)23-9-11-25(12-10-23)29(33)34/h1-16,19H,17-18,20H2,(H,33,34). The van der Waals surface area contributed by atoms with Gasteiger partial charge in [-0.15, -0.1) is 0 Å². The van der Waals surface area contributed by atoms with Crippen LogP contribution in [0.1, 0.15) is 31.8 Å². The minimum Gasteiger partial charge on any atom is -0.478 e. The van der Waals surface area contributed by atoms with Crippen molar-refractivity contribution in [2.75, 3.05) is 6.54 Å². The Morgan fingerprint density at radius 1 is 0.706 bits per heavy atom. The van der Waals surface area contributed by atoms with Crippen LogP contribution < -0.4 is 0 Å². The fourth-order valence-corrected chi connectivity index (χ4v) is 3.94. The molecule has 0 saturated carbocycles. The SMILES string of the molecule is O=C(O)c1ccc(-c2cccc(CN(CCc3ccccc3)C(=O)c3ccc(Cl)cc3)c2)cc1. The van der Waals surface area contributed by atoms with Gasteiger partial charge in [0.05, 0.1) is 5.56 Å². The molecule has 1 amide bonds. The van der Waals surface area contributed by atoms with Crippen LogP contribution in [0, 0.1) is 0 Å². The van der Waals surface area contributed by atoms with E-state index in [-0.39, 0.29) is 11.5 Å². The van der Waals surface area contributed by atoms with Gasteiger partial charge in [0.2, 0.25) is 0 Å². The lowest BCUT2D eigenvalue weighted by Gasteiger charge is -2.23. The van der Waals surface area contributed by atoms with E-state index in [0.29, 0.717) is 23.7 Å². The fraction of sp³-hybridized carbons (Fsp3) is 0.103. The minimum absolute atomic E-state index is 0.0520. The molecule has 4 aromatic rings. The molecule has 170 valence electrons. The number of hydrogen-bond donors (Lipinski definition) is 1. The smallest absolute Gasteiger partial charge is 0.335 e. The van der Waals surface area contributed by atoms with E-state index in [0.717, 1.165) is 23.1 Å². The number of aromatic carboxylic acids is 1. The maximum Gasteiger partial charge on any atom is 0.335 e. The lowest BCUT2D eigenvalue weighted by atomic mass is 10.0. The Hall–Kier alpha value is -3.89. The normalized spacial score (nSPS) is 10.6. The van der Waals surface area contributed by atoms with Crippen LogP contribution in [0.5, 0.6) is 0 Å². The minimum atomic E-state index is -0.949. The Bertz CT molecular complexity index is 1270. The number of benzene rings is 4. The second-order valence-corrected chi connectivity index (χ2v) is 8.49. The summed E-state index contributed by atoms with van der Waals surface area (Å²) < 4.78 is 0. The molecule has 0 unspecified atom stereocenters. The summed E-state index contributed by atoms with van der Waals surface area (Å²) in [6.45, 7) is 1.03. The zero-order valence-corrected chi connectivity index (χ0v) is 19.3. The van der Waals surface area contributed by atoms with Gasteiger partial charge in [-0.2, -0.15) is 0 Å². The van der Waals surface area contributed by atoms with Crippen molar-refractivity contribution < 1.29 is 14.7 Å². The highest BCUT2D eigenvalue weighted by Gasteiger charge is 2.17. The first-order valence-corrected chi connectivity index (χ1v) is 11.4. The largest absolute Gasteiger partial charge is 0.478 e. The van der Waals surface area contributed by atoms with Gasteiger partial charge in [0.15, 0.2) is 0 Å². The van der Waals surface area contributed by atoms with Gasteiger partial charge in [0.25, 0.3) is 5.91 Å². The molecule has 0 aliphatic heterocycles. The Kier molecular flexibility index (Phi) is 7.41. The predicted molar refractivity (Wildman–Crippen MR) is 135 cm³/mol. The van der Waals surface area contributed by atoms with Crippen LogP contribution in [0.15, 0.2) is 103 Å². The van der Waals surface area contributed by atoms with Crippen molar-refractivity contribution in [2.24, 2.45) is 0 Å². The first-order valence-electron chi connectivity index (χ1n) is 11.0. The average Bonchev–Trinajstić information content (AvgIpc) is 2.87. The molecule has 1 N–H and O–H groups in total. The zero-order valence-electron chi connectivity index (χ0n) is 18.5. The molecule has 0 aliphatic rings. The molecule has 0 bridgehead atoms. The highest BCUT2D eigenvalue weighted by atomic mass is 35.5. The molecule has 0 radical (unpaired) electrons. The number of carbonyl (C=O) groups excluding carboxylic acids is 1. The molecule has 0 heterocycles. The lowest BCUT2D eigenvalue weighted by Crippen LogP contribution is -2.32. The molecule has 5 heteroatoms. The summed E-state index contributed by atoms with van der Waals surface area (Å²) in [7, 11) is 0. The van der Waals surface area contributed by atoms with Gasteiger partial charge < -0.3 is 10.0 Å². The quantitative estimate of drug-likeness (QED) is 0.316. The summed E-state index contributed by atoms with van der Waals surface area (Å²) in [5.41, 5.74) is 4.90. The third-order valence-corrected chi connectivity index (χ3v) is 5.91. The van der Waals surface area contributed by atoms with E-state index in [9.17, 15) is 9.59 Å². The van der Waals surface area contributed by atoms with E-state index in [1.54, 1.807) is 48.5 Å². The van der Waals surface area contributed by atoms with Crippen LogP contribution in [0.3, 0.4) is 0 Å². The Labute approximate surface area is 204 Å². The number of amides is 1. The maximum absolute atomic E-state index is 13.4. The molecule has 4 nitrogen and oxygen atoms in total. The third kappa shape index (κ3) is 5.91. The Morgan fingerprint density at radius 2 is 1.35 bits per heavy atom. The van der Waals surface area contributed by atoms with Crippen molar-refractivity contribution in [2.45, 2.75) is 13.0 Å². The zero-order chi connectivity index (χ0) is 23.9. The molecule has 4 rings (SSSR count). The van der Waals surface area contributed by atoms with Crippen LogP contribution >= 0.6 is 11.6 Å². The van der Waals surface area contributed by atoms with Gasteiger partial charge in [-0.05, 0) is 71.1 Å². The van der Waals surface area contributed by atoms with Crippen molar-refractivity contribution in [3.8, 4) is 11.1 Å². The average molecular weight is 470 g/mol. The van der Waals surface area contributed by atoms with Gasteiger partial charge in [-0.1, -0.05) is 72.3 Å². The second kappa shape index (κ2) is 10.8. The second-order valence-electron chi connectivity index (χ2n) is 8.05. The fourth-order valence-electron chi connectivity index (χ4n) is 3.81. The number of halogens is 1. The number of carboxylic acids is 1. The monoisotopic (exact) mass is 469 g/mol. The van der Waals surface area contributed by atoms with Crippen molar-refractivity contribution >= 4 is 23.5 Å². The van der Waals surface area contributed by atoms with E-state index >= 15 is 0 Å². The van der Waals surface area contributed by atoms with Gasteiger partial charge >= 0.3 is 5.97 Å². The molecule has 34 heavy (non-hydrogen) atoms. The number of carboxylic acid groups (broad SMARTS) is 1. The van der Waals surface area contributed by atoms with Gasteiger partial charge in [0, 0.05) is 23.7 Å². The number of hydrogen-bond acceptors (Lipinski definition) is 2. The van der Waals surface area contributed by atoms with Crippen LogP contribution in [-0.2, 0) is 13.0 Å². The molecule has 0 fully saturated rings. The predicted octanol–water partition coefficient (Wildman–Crippen LogP) is 6.59. The lowest BCUT2D eigenvalue weighted by molar-refractivity contribution is 0.0695. The summed E-state index contributed by atoms with van der Waals surface area (Å²) in [4.78, 5) is 26.4. The van der Waals surface area contributed by atoms with Crippen LogP contribution in [-0.4, -0.2) is 28.4 Å². The molecule has 4 aromatic carbocycles. The molecule has 0 spiro atoms. The highest BCUT2D eigenvalue weighted by molar-refractivity contribution is 6.30. The number of rotatable bonds is 8. The van der Waals surface area contributed by atoms with E-state index in [4.69, 9.17) is 16.7 Å². The highest BCUT2D eigenvalue weighted by Crippen LogP contribution is 2.23. The summed E-state index contributed by atoms with van der Waals surface area (Å²) in [5, 5.41) is 9.73. The number of nitrogens with zero attached hydrogens (tertiary/aromatic N) is 1. The van der Waals surface area contributed by atoms with Gasteiger partial charge in [-0.3, -0.25) is 4.79 Å². The Morgan fingerprint density at radius 3 is 2.03 bits per heavy atom. The summed E-state index contributed by atoms with van der Waals surface area (Å²) in [5.74, 6) is -1.00. The summed E-state index contributed by atoms with van der Waals surface area (Å²) >= 11 is 6.01. The maximum atomic E-state index is 13.4. The molecule has 0 saturated heterocycles. The van der Waals surface area contributed by atoms with Gasteiger partial charge in [0.1, 0.15) is 0 Å². The van der Waals surface area contributed by atoms with Crippen LogP contribution in [0.2, 0.25) is 5.02 Å². The van der Waals surface area contributed by atoms with E-state index in [1.807, 2.05) is 47.4 Å². The Balaban J connectivity index is 1.57. The number of carbonyl (C=O) groups is 2. The molecule has 0 aromatic heterocycles. The first-order chi connectivity index (χ1) is 16.5. The van der Waals surface area contributed by atoms with Crippen molar-refractivity contribution in [1.82, 2.24) is 4.90 Å². The summed E-state index contributed by atoms with van der Waals surface area (Å²) in [6.07, 6.45) is 0.747. The van der Waals surface area contributed by atoms with Gasteiger partial charge in [-0.25, -0.2) is 4.79 Å². The molecular formula is C29H24ClNO3. The third-order valence-electron chi connectivity index (χ3n) is 5.66. The molecule has 0 aliphatic carbocycles. The van der Waals surface area contributed by atoms with Crippen molar-refractivity contribution in [3.05, 3.63) is 130 Å². The topological polar surface area (TPSA) is 57.6 Å². The van der Waals surface area contributed by atoms with E-state index in [2.05, 4.69) is 12.1 Å². The van der Waals surface area contributed by atoms with Crippen LogP contribution in [0.4, 0.5) is 0 Å². The van der Waals surface area contributed by atoms with Crippen molar-refractivity contribution in [3.63, 3.8) is 0 Å². The van der Waals surface area contributed by atoms with E-state index in [1.165, 1.54) is 5.56 Å².